The van der Waals surface area contributed by atoms with Crippen LogP contribution in [0.5, 0.6) is 0 Å². The number of nitrogens with one attached hydrogen (secondary N) is 1. The lowest BCUT2D eigenvalue weighted by molar-refractivity contribution is -0.0770. The van der Waals surface area contributed by atoms with Crippen molar-refractivity contribution in [3.8, 4) is 0 Å². The Balaban J connectivity index is 1.55. The fourth-order valence-electron chi connectivity index (χ4n) is 2.98. The normalized spacial score (nSPS) is 27.0. The zero-order valence-electron chi connectivity index (χ0n) is 13.9. The molecule has 1 N–H and O–H groups in total. The Morgan fingerprint density at radius 3 is 2.74 bits per heavy atom. The van der Waals surface area contributed by atoms with E-state index in [4.69, 9.17) is 14.0 Å². The fraction of sp³-hybridized carbons (Fsp3) is 0.812. The van der Waals surface area contributed by atoms with E-state index in [2.05, 4.69) is 34.0 Å². The minimum atomic E-state index is 0.0932. The first-order chi connectivity index (χ1) is 11.2. The first-order valence-corrected chi connectivity index (χ1v) is 10.6. The smallest absolute Gasteiger partial charge is 0.139 e. The van der Waals surface area contributed by atoms with Gasteiger partial charge < -0.3 is 19.3 Å². The number of nitrogens with zero attached hydrogens (tertiary/aromatic N) is 1. The van der Waals surface area contributed by atoms with Crippen molar-refractivity contribution >= 4 is 23.5 Å². The molecule has 0 bridgehead atoms. The van der Waals surface area contributed by atoms with E-state index in [1.165, 1.54) is 23.0 Å². The Bertz CT molecular complexity index is 470. The standard InChI is InChI=1S/C16H26N2O3S2/c1-11-14(12(2)21-18-11)7-20-16-8-19-4-3-15(16)17-13-9-22-5-6-23-10-13/h13,15-17H,3-10H2,1-2H3/t15-,16-/m1/s1. The highest BCUT2D eigenvalue weighted by molar-refractivity contribution is 8.03. The van der Waals surface area contributed by atoms with Crippen LogP contribution in [0, 0.1) is 13.8 Å². The molecule has 0 unspecified atom stereocenters. The molecule has 0 spiro atoms. The second-order valence-corrected chi connectivity index (χ2v) is 8.44. The molecule has 7 heteroatoms. The summed E-state index contributed by atoms with van der Waals surface area (Å²) in [6.07, 6.45) is 1.11. The first kappa shape index (κ1) is 17.6. The van der Waals surface area contributed by atoms with E-state index in [0.717, 1.165) is 30.0 Å². The summed E-state index contributed by atoms with van der Waals surface area (Å²) < 4.78 is 17.0. The summed E-state index contributed by atoms with van der Waals surface area (Å²) in [4.78, 5) is 0. The fourth-order valence-corrected chi connectivity index (χ4v) is 5.40. The van der Waals surface area contributed by atoms with E-state index in [1.54, 1.807) is 0 Å². The summed E-state index contributed by atoms with van der Waals surface area (Å²) in [6, 6.07) is 0.939. The molecule has 0 radical (unpaired) electrons. The van der Waals surface area contributed by atoms with Gasteiger partial charge in [0.1, 0.15) is 5.76 Å². The molecule has 130 valence electrons. The van der Waals surface area contributed by atoms with Gasteiger partial charge >= 0.3 is 0 Å². The third kappa shape index (κ3) is 4.89. The van der Waals surface area contributed by atoms with Crippen LogP contribution in [0.15, 0.2) is 4.52 Å². The molecule has 2 aliphatic heterocycles. The molecule has 1 aromatic rings. The summed E-state index contributed by atoms with van der Waals surface area (Å²) in [7, 11) is 0. The maximum atomic E-state index is 6.17. The van der Waals surface area contributed by atoms with Crippen LogP contribution in [-0.4, -0.2) is 59.6 Å². The summed E-state index contributed by atoms with van der Waals surface area (Å²) in [5.74, 6) is 5.77. The van der Waals surface area contributed by atoms with Gasteiger partial charge in [-0.3, -0.25) is 0 Å². The van der Waals surface area contributed by atoms with E-state index >= 15 is 0 Å². The van der Waals surface area contributed by atoms with Gasteiger partial charge in [-0.15, -0.1) is 0 Å². The molecule has 2 atom stereocenters. The van der Waals surface area contributed by atoms with E-state index in [1.807, 2.05) is 13.8 Å². The van der Waals surface area contributed by atoms with E-state index < -0.39 is 0 Å². The van der Waals surface area contributed by atoms with Crippen molar-refractivity contribution in [2.24, 2.45) is 0 Å². The number of hydrogen-bond acceptors (Lipinski definition) is 7. The SMILES string of the molecule is Cc1noc(C)c1CO[C@@H]1COCC[C@H]1NC1CSCCSC1. The molecule has 3 rings (SSSR count). The molecular formula is C16H26N2O3S2. The number of rotatable bonds is 5. The Labute approximate surface area is 146 Å². The van der Waals surface area contributed by atoms with Crippen LogP contribution < -0.4 is 5.32 Å². The summed E-state index contributed by atoms with van der Waals surface area (Å²) in [5.41, 5.74) is 1.98. The Hall–Kier alpha value is -0.210. The van der Waals surface area contributed by atoms with Crippen LogP contribution in [0.3, 0.4) is 0 Å². The Kier molecular flexibility index (Phi) is 6.71. The average molecular weight is 359 g/mol. The Morgan fingerprint density at radius 2 is 2.04 bits per heavy atom. The van der Waals surface area contributed by atoms with Gasteiger partial charge in [0.05, 0.1) is 25.0 Å². The molecule has 2 saturated heterocycles. The third-order valence-corrected chi connectivity index (χ3v) is 6.91. The molecule has 5 nitrogen and oxygen atoms in total. The van der Waals surface area contributed by atoms with Crippen molar-refractivity contribution in [1.82, 2.24) is 10.5 Å². The molecule has 2 aliphatic rings. The van der Waals surface area contributed by atoms with E-state index in [-0.39, 0.29) is 6.10 Å². The minimum Gasteiger partial charge on any atom is -0.379 e. The molecule has 23 heavy (non-hydrogen) atoms. The molecular weight excluding hydrogens is 332 g/mol. The number of hydrogen-bond donors (Lipinski definition) is 1. The largest absolute Gasteiger partial charge is 0.379 e. The topological polar surface area (TPSA) is 56.5 Å². The zero-order chi connectivity index (χ0) is 16.1. The monoisotopic (exact) mass is 358 g/mol. The van der Waals surface area contributed by atoms with Gasteiger partial charge in [0.25, 0.3) is 0 Å². The second kappa shape index (κ2) is 8.76. The summed E-state index contributed by atoms with van der Waals surface area (Å²) in [6.45, 7) is 5.92. The predicted molar refractivity (Wildman–Crippen MR) is 95.4 cm³/mol. The van der Waals surface area contributed by atoms with Crippen molar-refractivity contribution < 1.29 is 14.0 Å². The van der Waals surface area contributed by atoms with Crippen LogP contribution in [0.25, 0.3) is 0 Å². The van der Waals surface area contributed by atoms with Gasteiger partial charge in [-0.2, -0.15) is 23.5 Å². The van der Waals surface area contributed by atoms with Crippen LogP contribution in [0.2, 0.25) is 0 Å². The molecule has 0 amide bonds. The number of thioether (sulfide) groups is 2. The van der Waals surface area contributed by atoms with Crippen molar-refractivity contribution in [3.63, 3.8) is 0 Å². The quantitative estimate of drug-likeness (QED) is 0.867. The molecule has 3 heterocycles. The van der Waals surface area contributed by atoms with E-state index in [9.17, 15) is 0 Å². The lowest BCUT2D eigenvalue weighted by atomic mass is 10.0. The van der Waals surface area contributed by atoms with Crippen molar-refractivity contribution in [1.29, 1.82) is 0 Å². The van der Waals surface area contributed by atoms with Crippen molar-refractivity contribution in [2.75, 3.05) is 36.2 Å². The molecule has 0 saturated carbocycles. The second-order valence-electron chi connectivity index (χ2n) is 6.14. The van der Waals surface area contributed by atoms with Gasteiger partial charge in [-0.1, -0.05) is 5.16 Å². The molecule has 0 aliphatic carbocycles. The van der Waals surface area contributed by atoms with Gasteiger partial charge in [0, 0.05) is 47.3 Å². The van der Waals surface area contributed by atoms with Gasteiger partial charge in [-0.05, 0) is 20.3 Å². The van der Waals surface area contributed by atoms with Crippen molar-refractivity contribution in [2.45, 2.75) is 45.1 Å². The third-order valence-electron chi connectivity index (χ3n) is 4.39. The molecule has 0 aromatic carbocycles. The lowest BCUT2D eigenvalue weighted by Crippen LogP contribution is -2.52. The number of ether oxygens (including phenoxy) is 2. The highest BCUT2D eigenvalue weighted by atomic mass is 32.2. The van der Waals surface area contributed by atoms with Crippen LogP contribution in [-0.2, 0) is 16.1 Å². The predicted octanol–water partition coefficient (Wildman–Crippen LogP) is 2.40. The highest BCUT2D eigenvalue weighted by Crippen LogP contribution is 2.21. The van der Waals surface area contributed by atoms with Gasteiger partial charge in [0.15, 0.2) is 0 Å². The summed E-state index contributed by atoms with van der Waals surface area (Å²) in [5, 5.41) is 7.82. The van der Waals surface area contributed by atoms with Crippen LogP contribution in [0.4, 0.5) is 0 Å². The first-order valence-electron chi connectivity index (χ1n) is 8.26. The highest BCUT2D eigenvalue weighted by Gasteiger charge is 2.29. The molecule has 1 aromatic heterocycles. The lowest BCUT2D eigenvalue weighted by Gasteiger charge is -2.34. The minimum absolute atomic E-state index is 0.0932. The zero-order valence-corrected chi connectivity index (χ0v) is 15.5. The molecule has 2 fully saturated rings. The van der Waals surface area contributed by atoms with Crippen molar-refractivity contribution in [3.05, 3.63) is 17.0 Å². The van der Waals surface area contributed by atoms with Gasteiger partial charge in [-0.25, -0.2) is 0 Å². The summed E-state index contributed by atoms with van der Waals surface area (Å²) >= 11 is 4.11. The maximum absolute atomic E-state index is 6.17. The van der Waals surface area contributed by atoms with Gasteiger partial charge in [0.2, 0.25) is 0 Å². The number of aryl methyl sites for hydroxylation is 2. The van der Waals surface area contributed by atoms with Crippen LogP contribution in [0.1, 0.15) is 23.4 Å². The van der Waals surface area contributed by atoms with E-state index in [0.29, 0.717) is 25.3 Å². The number of aromatic nitrogens is 1. The van der Waals surface area contributed by atoms with Crippen LogP contribution >= 0.6 is 23.5 Å². The average Bonchev–Trinajstić information content (AvgIpc) is 2.76. The maximum Gasteiger partial charge on any atom is 0.139 e. The Morgan fingerprint density at radius 1 is 1.26 bits per heavy atom.